The van der Waals surface area contributed by atoms with Gasteiger partial charge in [-0.05, 0) is 68.8 Å². The highest BCUT2D eigenvalue weighted by Crippen LogP contribution is 2.30. The second kappa shape index (κ2) is 13.0. The van der Waals surface area contributed by atoms with Crippen molar-refractivity contribution in [1.82, 2.24) is 0 Å². The van der Waals surface area contributed by atoms with Crippen molar-refractivity contribution < 1.29 is 0 Å². The van der Waals surface area contributed by atoms with Crippen LogP contribution in [-0.2, 0) is 0 Å². The molecule has 160 valence electrons. The van der Waals surface area contributed by atoms with Crippen molar-refractivity contribution in [2.45, 2.75) is 27.2 Å². The normalized spacial score (nSPS) is 11.5. The molecule has 3 aromatic rings. The molecule has 0 aliphatic carbocycles. The summed E-state index contributed by atoms with van der Waals surface area (Å²) in [5.74, 6) is 0. The summed E-state index contributed by atoms with van der Waals surface area (Å²) in [6.45, 7) is 6.36. The van der Waals surface area contributed by atoms with Gasteiger partial charge in [-0.2, -0.15) is 0 Å². The van der Waals surface area contributed by atoms with Crippen LogP contribution in [0.1, 0.15) is 37.0 Å². The molecule has 0 aliphatic rings. The number of nitrogens with zero attached hydrogens (tertiary/aromatic N) is 1. The highest BCUT2D eigenvalue weighted by atomic mass is 15.1. The van der Waals surface area contributed by atoms with Crippen molar-refractivity contribution in [3.63, 3.8) is 0 Å². The first-order valence-corrected chi connectivity index (χ1v) is 10.8. The monoisotopic (exact) mass is 410 g/mol. The van der Waals surface area contributed by atoms with E-state index in [1.807, 2.05) is 0 Å². The fourth-order valence-corrected chi connectivity index (χ4v) is 3.17. The fourth-order valence-electron chi connectivity index (χ4n) is 3.17. The van der Waals surface area contributed by atoms with Gasteiger partial charge in [0.1, 0.15) is 0 Å². The molecule has 3 aromatic carbocycles. The predicted molar refractivity (Wildman–Crippen MR) is 138 cm³/mol. The summed E-state index contributed by atoms with van der Waals surface area (Å²) in [5.41, 5.74) is 11.7. The van der Waals surface area contributed by atoms with Crippen LogP contribution in [0.4, 0.5) is 11.4 Å². The average Bonchev–Trinajstić information content (AvgIpc) is 2.84. The SMILES string of the molecule is C/C=C(\C=C/CC)N(c1ccccc1)c1ccc(/C=C/c2ccc(C)cc2)cc1.CN. The third kappa shape index (κ3) is 7.13. The smallest absolute Gasteiger partial charge is 0.0461 e. The Balaban J connectivity index is 0.00000166. The zero-order valence-electron chi connectivity index (χ0n) is 19.1. The van der Waals surface area contributed by atoms with Crippen LogP contribution in [-0.4, -0.2) is 7.05 Å². The van der Waals surface area contributed by atoms with Gasteiger partial charge in [0, 0.05) is 17.1 Å². The van der Waals surface area contributed by atoms with Crippen molar-refractivity contribution >= 4 is 23.5 Å². The Morgan fingerprint density at radius 3 is 1.81 bits per heavy atom. The van der Waals surface area contributed by atoms with Gasteiger partial charge in [0.05, 0.1) is 0 Å². The lowest BCUT2D eigenvalue weighted by atomic mass is 10.1. The molecule has 0 radical (unpaired) electrons. The number of aryl methyl sites for hydroxylation is 1. The van der Waals surface area contributed by atoms with Gasteiger partial charge in [-0.1, -0.05) is 91.4 Å². The lowest BCUT2D eigenvalue weighted by Gasteiger charge is -2.26. The van der Waals surface area contributed by atoms with Gasteiger partial charge in [-0.15, -0.1) is 0 Å². The Kier molecular flexibility index (Phi) is 10.1. The molecule has 2 heteroatoms. The summed E-state index contributed by atoms with van der Waals surface area (Å²) in [6, 6.07) is 27.8. The molecule has 0 amide bonds. The molecule has 0 spiro atoms. The van der Waals surface area contributed by atoms with E-state index in [0.29, 0.717) is 0 Å². The second-order valence-corrected chi connectivity index (χ2v) is 7.03. The van der Waals surface area contributed by atoms with Crippen LogP contribution in [0, 0.1) is 6.92 Å². The van der Waals surface area contributed by atoms with E-state index in [1.54, 1.807) is 0 Å². The van der Waals surface area contributed by atoms with Crippen molar-refractivity contribution in [1.29, 1.82) is 0 Å². The first-order chi connectivity index (χ1) is 15.2. The lowest BCUT2D eigenvalue weighted by molar-refractivity contribution is 1.17. The molecule has 31 heavy (non-hydrogen) atoms. The van der Waals surface area contributed by atoms with E-state index in [-0.39, 0.29) is 0 Å². The van der Waals surface area contributed by atoms with Gasteiger partial charge < -0.3 is 10.6 Å². The molecule has 0 heterocycles. The molecule has 0 aromatic heterocycles. The maximum absolute atomic E-state index is 4.50. The number of nitrogens with two attached hydrogens (primary N) is 1. The quantitative estimate of drug-likeness (QED) is 0.319. The Morgan fingerprint density at radius 1 is 0.774 bits per heavy atom. The number of anilines is 2. The Bertz CT molecular complexity index is 979. The second-order valence-electron chi connectivity index (χ2n) is 7.03. The maximum Gasteiger partial charge on any atom is 0.0461 e. The molecule has 2 nitrogen and oxygen atoms in total. The van der Waals surface area contributed by atoms with E-state index < -0.39 is 0 Å². The van der Waals surface area contributed by atoms with E-state index in [1.165, 1.54) is 29.4 Å². The number of benzene rings is 3. The van der Waals surface area contributed by atoms with Crippen molar-refractivity contribution in [2.24, 2.45) is 5.73 Å². The van der Waals surface area contributed by atoms with Crippen LogP contribution < -0.4 is 10.6 Å². The number of rotatable bonds is 7. The van der Waals surface area contributed by atoms with Crippen LogP contribution in [0.15, 0.2) is 103 Å². The van der Waals surface area contributed by atoms with E-state index in [4.69, 9.17) is 0 Å². The minimum Gasteiger partial charge on any atom is -0.333 e. The molecule has 0 unspecified atom stereocenters. The molecule has 0 bridgehead atoms. The minimum atomic E-state index is 1.02. The molecule has 0 saturated heterocycles. The third-order valence-corrected chi connectivity index (χ3v) is 4.79. The van der Waals surface area contributed by atoms with Crippen LogP contribution in [0.2, 0.25) is 0 Å². The van der Waals surface area contributed by atoms with E-state index >= 15 is 0 Å². The van der Waals surface area contributed by atoms with Crippen LogP contribution in [0.3, 0.4) is 0 Å². The van der Waals surface area contributed by atoms with Crippen LogP contribution in [0.25, 0.3) is 12.2 Å². The highest BCUT2D eigenvalue weighted by Gasteiger charge is 2.11. The van der Waals surface area contributed by atoms with Gasteiger partial charge >= 0.3 is 0 Å². The van der Waals surface area contributed by atoms with E-state index in [9.17, 15) is 0 Å². The zero-order valence-corrected chi connectivity index (χ0v) is 19.1. The predicted octanol–water partition coefficient (Wildman–Crippen LogP) is 7.75. The summed E-state index contributed by atoms with van der Waals surface area (Å²) >= 11 is 0. The van der Waals surface area contributed by atoms with Gasteiger partial charge in [0.15, 0.2) is 0 Å². The van der Waals surface area contributed by atoms with Gasteiger partial charge in [-0.25, -0.2) is 0 Å². The Labute approximate surface area is 188 Å². The first-order valence-electron chi connectivity index (χ1n) is 10.8. The fraction of sp³-hybridized carbons (Fsp3) is 0.172. The maximum atomic E-state index is 4.50. The standard InChI is InChI=1S/C28H29N.CH5N/c1-4-6-10-26(5-2)29(27-11-8-7-9-12-27)28-21-19-25(20-22-28)18-17-24-15-13-23(3)14-16-24;1-2/h5-22H,4H2,1-3H3;2H2,1H3/b10-6-,18-17+,26-5+;. The molecular weight excluding hydrogens is 376 g/mol. The molecule has 3 rings (SSSR count). The topological polar surface area (TPSA) is 29.3 Å². The zero-order chi connectivity index (χ0) is 22.5. The van der Waals surface area contributed by atoms with E-state index in [0.717, 1.165) is 17.8 Å². The van der Waals surface area contributed by atoms with Crippen LogP contribution >= 0.6 is 0 Å². The van der Waals surface area contributed by atoms with Crippen molar-refractivity contribution in [3.8, 4) is 0 Å². The third-order valence-electron chi connectivity index (χ3n) is 4.79. The Hall–Kier alpha value is -3.36. The molecule has 0 atom stereocenters. The molecule has 0 saturated carbocycles. The van der Waals surface area contributed by atoms with Gasteiger partial charge in [0.25, 0.3) is 0 Å². The van der Waals surface area contributed by atoms with Crippen LogP contribution in [0.5, 0.6) is 0 Å². The van der Waals surface area contributed by atoms with Gasteiger partial charge in [0.2, 0.25) is 0 Å². The lowest BCUT2D eigenvalue weighted by Crippen LogP contribution is -2.14. The summed E-state index contributed by atoms with van der Waals surface area (Å²) in [4.78, 5) is 2.29. The molecule has 0 fully saturated rings. The largest absolute Gasteiger partial charge is 0.333 e. The number of hydrogen-bond donors (Lipinski definition) is 1. The van der Waals surface area contributed by atoms with Crippen molar-refractivity contribution in [2.75, 3.05) is 11.9 Å². The summed E-state index contributed by atoms with van der Waals surface area (Å²) < 4.78 is 0. The van der Waals surface area contributed by atoms with E-state index in [2.05, 4.69) is 141 Å². The molecular formula is C29H34N2. The summed E-state index contributed by atoms with van der Waals surface area (Å²) in [5, 5.41) is 0. The number of allylic oxidation sites excluding steroid dienone is 3. The van der Waals surface area contributed by atoms with Crippen molar-refractivity contribution in [3.05, 3.63) is 119 Å². The Morgan fingerprint density at radius 2 is 1.29 bits per heavy atom. The molecule has 2 N–H and O–H groups in total. The molecule has 0 aliphatic heterocycles. The van der Waals surface area contributed by atoms with Gasteiger partial charge in [-0.3, -0.25) is 0 Å². The minimum absolute atomic E-state index is 1.02. The highest BCUT2D eigenvalue weighted by molar-refractivity contribution is 5.74. The summed E-state index contributed by atoms with van der Waals surface area (Å²) in [7, 11) is 1.50. The number of hydrogen-bond acceptors (Lipinski definition) is 2. The summed E-state index contributed by atoms with van der Waals surface area (Å²) in [6.07, 6.45) is 11.9. The number of para-hydroxylation sites is 1. The average molecular weight is 411 g/mol. The first kappa shape index (κ1) is 23.9.